The molecule has 306 valence electrons. The number of nitrogens with zero attached hydrogens (tertiary/aromatic N) is 11. The summed E-state index contributed by atoms with van der Waals surface area (Å²) >= 11 is 2.97. The van der Waals surface area contributed by atoms with Crippen LogP contribution in [0.4, 0.5) is 23.4 Å². The second kappa shape index (κ2) is 16.4. The molecule has 0 radical (unpaired) electrons. The third kappa shape index (κ3) is 7.43. The van der Waals surface area contributed by atoms with Gasteiger partial charge in [-0.15, -0.1) is 22.7 Å². The molecule has 0 N–H and O–H groups in total. The number of piperazine rings is 1. The Kier molecular flexibility index (Phi) is 11.1. The summed E-state index contributed by atoms with van der Waals surface area (Å²) in [6.45, 7) is 6.57. The van der Waals surface area contributed by atoms with Crippen LogP contribution < -0.4 is 9.80 Å². The van der Waals surface area contributed by atoms with E-state index in [0.717, 1.165) is 150 Å². The average Bonchev–Trinajstić information content (AvgIpc) is 4.07. The van der Waals surface area contributed by atoms with Crippen molar-refractivity contribution in [2.75, 3.05) is 84.3 Å². The van der Waals surface area contributed by atoms with Gasteiger partial charge in [0.15, 0.2) is 0 Å². The van der Waals surface area contributed by atoms with Crippen LogP contribution in [0.1, 0.15) is 107 Å². The fourth-order valence-electron chi connectivity index (χ4n) is 9.60. The lowest BCUT2D eigenvalue weighted by Crippen LogP contribution is -2.52. The molecule has 4 aliphatic rings. The molecular formula is C43H55N11O2S2. The molecule has 0 unspecified atom stereocenters. The predicted octanol–water partition coefficient (Wildman–Crippen LogP) is 7.50. The molecule has 7 heterocycles. The smallest absolute Gasteiger partial charge is 0.263 e. The summed E-state index contributed by atoms with van der Waals surface area (Å²) in [6, 6.07) is 4.81. The summed E-state index contributed by atoms with van der Waals surface area (Å²) in [7, 11) is 9.45. The number of thiophene rings is 2. The molecule has 2 amide bonds. The van der Waals surface area contributed by atoms with Crippen LogP contribution in [0.5, 0.6) is 0 Å². The van der Waals surface area contributed by atoms with Crippen LogP contribution in [-0.4, -0.2) is 137 Å². The highest BCUT2D eigenvalue weighted by Crippen LogP contribution is 2.46. The van der Waals surface area contributed by atoms with E-state index in [-0.39, 0.29) is 23.7 Å². The highest BCUT2D eigenvalue weighted by atomic mass is 32.1. The summed E-state index contributed by atoms with van der Waals surface area (Å²) < 4.78 is 1.78. The standard InChI is InChI=1S/C43H55N11O2S2/c1-49(2)40(55)38-34(27-10-6-7-11-27)36-31(57-38)25-45-42(47-36)54(33-15-14-30(24-44-33)52-18-16-29(17-19-52)53-22-20-51(5)21-23-53)43-46-26-32-37(48-43)35(28-12-8-9-13-28)39(58-32)41(56)50(3)4/h14-15,24-29H,6-13,16-23H2,1-5H3. The number of aromatic nitrogens is 5. The van der Waals surface area contributed by atoms with Crippen molar-refractivity contribution in [2.45, 2.75) is 82.1 Å². The van der Waals surface area contributed by atoms with Crippen molar-refractivity contribution in [1.82, 2.24) is 44.5 Å². The Morgan fingerprint density at radius 1 is 0.638 bits per heavy atom. The van der Waals surface area contributed by atoms with E-state index in [1.807, 2.05) is 57.7 Å². The Bertz CT molecular complexity index is 2160. The Hall–Kier alpha value is -4.31. The maximum absolute atomic E-state index is 13.6. The van der Waals surface area contributed by atoms with Crippen molar-refractivity contribution in [2.24, 2.45) is 0 Å². The molecule has 15 heteroatoms. The molecular weight excluding hydrogens is 767 g/mol. The van der Waals surface area contributed by atoms with Crippen LogP contribution in [0.2, 0.25) is 0 Å². The summed E-state index contributed by atoms with van der Waals surface area (Å²) in [5, 5.41) is 0. The van der Waals surface area contributed by atoms with Gasteiger partial charge in [0.05, 0.1) is 54.5 Å². The number of likely N-dealkylation sites (N-methyl/N-ethyl adjacent to an activating group) is 1. The van der Waals surface area contributed by atoms with Crippen molar-refractivity contribution < 1.29 is 9.59 Å². The molecule has 2 aliphatic heterocycles. The first-order valence-electron chi connectivity index (χ1n) is 21.1. The molecule has 0 atom stereocenters. The van der Waals surface area contributed by atoms with Crippen molar-refractivity contribution in [3.05, 3.63) is 51.6 Å². The molecule has 9 rings (SSSR count). The molecule has 58 heavy (non-hydrogen) atoms. The minimum absolute atomic E-state index is 0.00175. The highest BCUT2D eigenvalue weighted by molar-refractivity contribution is 7.21. The number of carbonyl (C=O) groups excluding carboxylic acids is 2. The van der Waals surface area contributed by atoms with E-state index >= 15 is 0 Å². The fourth-order valence-corrected chi connectivity index (χ4v) is 12.0. The number of carbonyl (C=O) groups is 2. The number of piperidine rings is 1. The Morgan fingerprint density at radius 3 is 1.59 bits per heavy atom. The lowest BCUT2D eigenvalue weighted by molar-refractivity contribution is 0.0823. The van der Waals surface area contributed by atoms with Gasteiger partial charge in [-0.05, 0) is 69.5 Å². The summed E-state index contributed by atoms with van der Waals surface area (Å²) in [4.78, 5) is 67.0. The first-order chi connectivity index (χ1) is 28.1. The van der Waals surface area contributed by atoms with Crippen LogP contribution in [0.25, 0.3) is 20.4 Å². The monoisotopic (exact) mass is 821 g/mol. The van der Waals surface area contributed by atoms with E-state index in [1.165, 1.54) is 22.7 Å². The third-order valence-electron chi connectivity index (χ3n) is 12.9. The zero-order chi connectivity index (χ0) is 40.1. The van der Waals surface area contributed by atoms with E-state index in [2.05, 4.69) is 27.8 Å². The predicted molar refractivity (Wildman–Crippen MR) is 234 cm³/mol. The van der Waals surface area contributed by atoms with E-state index in [9.17, 15) is 9.59 Å². The summed E-state index contributed by atoms with van der Waals surface area (Å²) in [5.41, 5.74) is 4.80. The zero-order valence-electron chi connectivity index (χ0n) is 34.5. The first kappa shape index (κ1) is 39.2. The molecule has 13 nitrogen and oxygen atoms in total. The topological polar surface area (TPSA) is 118 Å². The van der Waals surface area contributed by atoms with Gasteiger partial charge in [-0.25, -0.2) is 29.8 Å². The maximum atomic E-state index is 13.6. The minimum atomic E-state index is 0.00175. The number of hydrogen-bond donors (Lipinski definition) is 0. The van der Waals surface area contributed by atoms with Crippen molar-refractivity contribution in [3.63, 3.8) is 0 Å². The van der Waals surface area contributed by atoms with Gasteiger partial charge >= 0.3 is 0 Å². The van der Waals surface area contributed by atoms with Crippen LogP contribution in [-0.2, 0) is 0 Å². The molecule has 0 spiro atoms. The average molecular weight is 822 g/mol. The molecule has 0 aromatic carbocycles. The van der Waals surface area contributed by atoms with E-state index in [1.54, 1.807) is 9.80 Å². The van der Waals surface area contributed by atoms with Gasteiger partial charge in [0.25, 0.3) is 11.8 Å². The van der Waals surface area contributed by atoms with E-state index in [0.29, 0.717) is 23.8 Å². The summed E-state index contributed by atoms with van der Waals surface area (Å²) in [6.07, 6.45) is 16.6. The molecule has 2 aliphatic carbocycles. The largest absolute Gasteiger partial charge is 0.370 e. The van der Waals surface area contributed by atoms with Crippen molar-refractivity contribution in [3.8, 4) is 0 Å². The van der Waals surface area contributed by atoms with Gasteiger partial charge in [-0.3, -0.25) is 14.5 Å². The van der Waals surface area contributed by atoms with Crippen LogP contribution >= 0.6 is 22.7 Å². The zero-order valence-corrected chi connectivity index (χ0v) is 36.1. The van der Waals surface area contributed by atoms with Gasteiger partial charge in [0.1, 0.15) is 5.82 Å². The molecule has 5 aromatic rings. The van der Waals surface area contributed by atoms with Crippen LogP contribution in [0.3, 0.4) is 0 Å². The normalized spacial score (nSPS) is 19.2. The lowest BCUT2D eigenvalue weighted by atomic mass is 9.96. The number of anilines is 4. The number of fused-ring (bicyclic) bond motifs is 2. The quantitative estimate of drug-likeness (QED) is 0.147. The molecule has 2 saturated carbocycles. The SMILES string of the molecule is CN1CCN(C2CCN(c3ccc(N(c4ncc5sc(C(=O)N(C)C)c(C6CCCC6)c5n4)c4ncc5sc(C(=O)N(C)C)c(C6CCCC6)c5n4)nc3)CC2)CC1. The molecule has 0 bridgehead atoms. The van der Waals surface area contributed by atoms with Crippen molar-refractivity contribution >= 4 is 78.3 Å². The maximum Gasteiger partial charge on any atom is 0.263 e. The van der Waals surface area contributed by atoms with Gasteiger partial charge < -0.3 is 19.6 Å². The number of rotatable bonds is 9. The van der Waals surface area contributed by atoms with E-state index in [4.69, 9.17) is 24.9 Å². The minimum Gasteiger partial charge on any atom is -0.370 e. The number of pyridine rings is 1. The first-order valence-corrected chi connectivity index (χ1v) is 22.7. The Balaban J connectivity index is 1.12. The van der Waals surface area contributed by atoms with Gasteiger partial charge in [0, 0.05) is 84.6 Å². The lowest BCUT2D eigenvalue weighted by Gasteiger charge is -2.42. The van der Waals surface area contributed by atoms with Crippen molar-refractivity contribution in [1.29, 1.82) is 0 Å². The number of hydrogen-bond acceptors (Lipinski definition) is 13. The summed E-state index contributed by atoms with van der Waals surface area (Å²) in [5.74, 6) is 1.96. The van der Waals surface area contributed by atoms with Gasteiger partial charge in [-0.2, -0.15) is 0 Å². The van der Waals surface area contributed by atoms with E-state index < -0.39 is 0 Å². The molecule has 5 aromatic heterocycles. The van der Waals surface area contributed by atoms with Gasteiger partial charge in [-0.1, -0.05) is 25.7 Å². The van der Waals surface area contributed by atoms with Gasteiger partial charge in [0.2, 0.25) is 11.9 Å². The third-order valence-corrected chi connectivity index (χ3v) is 15.1. The molecule has 4 fully saturated rings. The molecule has 2 saturated heterocycles. The highest BCUT2D eigenvalue weighted by Gasteiger charge is 2.33. The Labute approximate surface area is 349 Å². The van der Waals surface area contributed by atoms with Crippen LogP contribution in [0, 0.1) is 0 Å². The van der Waals surface area contributed by atoms with Crippen LogP contribution in [0.15, 0.2) is 30.7 Å². The number of amides is 2. The second-order valence-corrected chi connectivity index (χ2v) is 19.2. The Morgan fingerprint density at radius 2 is 1.14 bits per heavy atom. The second-order valence-electron chi connectivity index (χ2n) is 17.1. The fraction of sp³-hybridized carbons (Fsp3) is 0.558.